The van der Waals surface area contributed by atoms with Crippen LogP contribution in [0.3, 0.4) is 0 Å². The molecule has 0 aliphatic heterocycles. The van der Waals surface area contributed by atoms with Gasteiger partial charge in [-0.1, -0.05) is 246 Å². The topological polar surface area (TPSA) is 78.9 Å². The second-order valence-corrected chi connectivity index (χ2v) is 19.5. The SMILES string of the molecule is CC/C=C\C/C=C\C/C=C\C/C=C\CCCCCCCCCCCCCCC(=O)OCC(COC(=O)CCCCCCC/C=C\C/C=C\CCCC)OC(=O)CCCCCCC/C=C\C/C=C\C/C=C\CC. The molecular weight excluding hydrogens is 889 g/mol. The summed E-state index contributed by atoms with van der Waals surface area (Å²) < 4.78 is 16.9. The molecule has 0 rings (SSSR count). The quantitative estimate of drug-likeness (QED) is 0.0261. The first kappa shape index (κ1) is 68.1. The molecule has 6 nitrogen and oxygen atoms in total. The summed E-state index contributed by atoms with van der Waals surface area (Å²) in [4.78, 5) is 38.2. The van der Waals surface area contributed by atoms with E-state index in [0.29, 0.717) is 19.3 Å². The van der Waals surface area contributed by atoms with Crippen molar-refractivity contribution >= 4 is 17.9 Å². The maximum absolute atomic E-state index is 12.9. The van der Waals surface area contributed by atoms with Gasteiger partial charge in [0.05, 0.1) is 0 Å². The molecule has 0 aromatic rings. The van der Waals surface area contributed by atoms with Gasteiger partial charge in [0.2, 0.25) is 0 Å². The molecule has 0 saturated heterocycles. The Kier molecular flexibility index (Phi) is 56.4. The molecule has 0 aromatic heterocycles. The molecule has 0 fully saturated rings. The largest absolute Gasteiger partial charge is 0.462 e. The van der Waals surface area contributed by atoms with E-state index < -0.39 is 6.10 Å². The van der Waals surface area contributed by atoms with Crippen LogP contribution in [-0.4, -0.2) is 37.2 Å². The lowest BCUT2D eigenvalue weighted by Crippen LogP contribution is -2.30. The number of carbonyl (C=O) groups is 3. The highest BCUT2D eigenvalue weighted by molar-refractivity contribution is 5.71. The summed E-state index contributed by atoms with van der Waals surface area (Å²) in [6.45, 7) is 6.36. The number of hydrogen-bond donors (Lipinski definition) is 0. The number of carbonyl (C=O) groups excluding carboxylic acids is 3. The van der Waals surface area contributed by atoms with Gasteiger partial charge < -0.3 is 14.2 Å². The molecule has 1 unspecified atom stereocenters. The van der Waals surface area contributed by atoms with Crippen molar-refractivity contribution in [3.8, 4) is 0 Å². The zero-order chi connectivity index (χ0) is 52.2. The van der Waals surface area contributed by atoms with E-state index in [-0.39, 0.29) is 31.1 Å². The molecule has 0 amide bonds. The van der Waals surface area contributed by atoms with Crippen LogP contribution in [0, 0.1) is 0 Å². The lowest BCUT2D eigenvalue weighted by Gasteiger charge is -2.18. The van der Waals surface area contributed by atoms with Gasteiger partial charge in [-0.25, -0.2) is 0 Å². The number of allylic oxidation sites excluding steroid dienone is 18. The monoisotopic (exact) mass is 999 g/mol. The summed E-state index contributed by atoms with van der Waals surface area (Å²) >= 11 is 0. The highest BCUT2D eigenvalue weighted by Crippen LogP contribution is 2.15. The van der Waals surface area contributed by atoms with Crippen molar-refractivity contribution in [1.29, 1.82) is 0 Å². The highest BCUT2D eigenvalue weighted by Gasteiger charge is 2.19. The Morgan fingerprint density at radius 3 is 0.847 bits per heavy atom. The van der Waals surface area contributed by atoms with Gasteiger partial charge in [0.25, 0.3) is 0 Å². The predicted molar refractivity (Wildman–Crippen MR) is 311 cm³/mol. The Hall–Kier alpha value is -3.93. The number of unbranched alkanes of at least 4 members (excludes halogenated alkanes) is 24. The summed E-state index contributed by atoms with van der Waals surface area (Å²) in [6.07, 6.45) is 80.8. The molecule has 1 atom stereocenters. The van der Waals surface area contributed by atoms with Crippen LogP contribution in [0.15, 0.2) is 109 Å². The molecule has 72 heavy (non-hydrogen) atoms. The van der Waals surface area contributed by atoms with Crippen LogP contribution >= 0.6 is 0 Å². The minimum Gasteiger partial charge on any atom is -0.462 e. The minimum atomic E-state index is -0.796. The number of rotatable bonds is 53. The maximum atomic E-state index is 12.9. The van der Waals surface area contributed by atoms with Gasteiger partial charge in [-0.3, -0.25) is 14.4 Å². The standard InChI is InChI=1S/C66H110O6/c1-4-7-10-13-16-19-22-25-28-29-30-31-32-33-34-35-36-37-39-41-44-47-50-53-56-59-65(68)71-62-63(61-70-64(67)58-55-52-49-46-43-40-27-24-21-18-15-12-9-6-3)72-66(69)60-57-54-51-48-45-42-38-26-23-20-17-14-11-8-5-2/h7-8,10-11,15-20,24-28,30-31,38,63H,4-6,9,12-14,21-23,29,32-37,39-62H2,1-3H3/b10-7-,11-8-,18-15-,19-16-,20-17-,27-24-,28-25-,31-30-,38-26-. The third-order valence-electron chi connectivity index (χ3n) is 12.5. The molecule has 0 aromatic carbocycles. The summed E-state index contributed by atoms with van der Waals surface area (Å²) in [5, 5.41) is 0. The summed E-state index contributed by atoms with van der Waals surface area (Å²) in [7, 11) is 0. The van der Waals surface area contributed by atoms with Crippen molar-refractivity contribution in [3.63, 3.8) is 0 Å². The normalized spacial score (nSPS) is 12.9. The lowest BCUT2D eigenvalue weighted by molar-refractivity contribution is -0.167. The molecule has 0 N–H and O–H groups in total. The Bertz CT molecular complexity index is 1470. The average Bonchev–Trinajstić information content (AvgIpc) is 3.38. The van der Waals surface area contributed by atoms with Gasteiger partial charge >= 0.3 is 17.9 Å². The van der Waals surface area contributed by atoms with Gasteiger partial charge in [0, 0.05) is 19.3 Å². The Morgan fingerprint density at radius 2 is 0.542 bits per heavy atom. The Balaban J connectivity index is 4.34. The zero-order valence-electron chi connectivity index (χ0n) is 46.9. The molecule has 6 heteroatoms. The van der Waals surface area contributed by atoms with Gasteiger partial charge in [0.1, 0.15) is 13.2 Å². The van der Waals surface area contributed by atoms with Gasteiger partial charge in [-0.15, -0.1) is 0 Å². The number of ether oxygens (including phenoxy) is 3. The van der Waals surface area contributed by atoms with E-state index in [1.807, 2.05) is 0 Å². The third kappa shape index (κ3) is 57.0. The Labute approximate surface area is 444 Å². The predicted octanol–water partition coefficient (Wildman–Crippen LogP) is 20.3. The van der Waals surface area contributed by atoms with E-state index in [2.05, 4.69) is 130 Å². The smallest absolute Gasteiger partial charge is 0.306 e. The number of hydrogen-bond acceptors (Lipinski definition) is 6. The highest BCUT2D eigenvalue weighted by atomic mass is 16.6. The van der Waals surface area contributed by atoms with Gasteiger partial charge in [0.15, 0.2) is 6.10 Å². The molecule has 0 saturated carbocycles. The molecule has 410 valence electrons. The molecule has 0 radical (unpaired) electrons. The van der Waals surface area contributed by atoms with Crippen molar-refractivity contribution in [1.82, 2.24) is 0 Å². The first-order valence-electron chi connectivity index (χ1n) is 29.9. The van der Waals surface area contributed by atoms with Crippen molar-refractivity contribution in [3.05, 3.63) is 109 Å². The maximum Gasteiger partial charge on any atom is 0.306 e. The van der Waals surface area contributed by atoms with Crippen LogP contribution in [0.25, 0.3) is 0 Å². The fraction of sp³-hybridized carbons (Fsp3) is 0.682. The van der Waals surface area contributed by atoms with Crippen LogP contribution in [0.4, 0.5) is 0 Å². The molecular formula is C66H110O6. The van der Waals surface area contributed by atoms with Crippen LogP contribution < -0.4 is 0 Å². The van der Waals surface area contributed by atoms with Crippen molar-refractivity contribution in [2.75, 3.05) is 13.2 Å². The third-order valence-corrected chi connectivity index (χ3v) is 12.5. The van der Waals surface area contributed by atoms with Crippen LogP contribution in [0.2, 0.25) is 0 Å². The summed E-state index contributed by atoms with van der Waals surface area (Å²) in [5.74, 6) is -0.922. The fourth-order valence-corrected chi connectivity index (χ4v) is 8.05. The lowest BCUT2D eigenvalue weighted by atomic mass is 10.0. The van der Waals surface area contributed by atoms with Gasteiger partial charge in [-0.05, 0) is 116 Å². The zero-order valence-corrected chi connectivity index (χ0v) is 46.9. The fourth-order valence-electron chi connectivity index (χ4n) is 8.05. The van der Waals surface area contributed by atoms with Crippen LogP contribution in [-0.2, 0) is 28.6 Å². The first-order chi connectivity index (χ1) is 35.5. The van der Waals surface area contributed by atoms with E-state index in [0.717, 1.165) is 148 Å². The van der Waals surface area contributed by atoms with Crippen molar-refractivity contribution in [2.45, 2.75) is 277 Å². The van der Waals surface area contributed by atoms with E-state index in [1.54, 1.807) is 0 Å². The minimum absolute atomic E-state index is 0.0913. The molecule has 0 spiro atoms. The second kappa shape index (κ2) is 59.6. The van der Waals surface area contributed by atoms with Crippen molar-refractivity contribution in [2.24, 2.45) is 0 Å². The van der Waals surface area contributed by atoms with Crippen LogP contribution in [0.1, 0.15) is 271 Å². The van der Waals surface area contributed by atoms with Gasteiger partial charge in [-0.2, -0.15) is 0 Å². The molecule has 0 bridgehead atoms. The van der Waals surface area contributed by atoms with Crippen LogP contribution in [0.5, 0.6) is 0 Å². The summed E-state index contributed by atoms with van der Waals surface area (Å²) in [6, 6.07) is 0. The first-order valence-corrected chi connectivity index (χ1v) is 29.9. The Morgan fingerprint density at radius 1 is 0.292 bits per heavy atom. The molecule has 0 heterocycles. The van der Waals surface area contributed by atoms with E-state index in [9.17, 15) is 14.4 Å². The van der Waals surface area contributed by atoms with E-state index in [4.69, 9.17) is 14.2 Å². The van der Waals surface area contributed by atoms with E-state index >= 15 is 0 Å². The second-order valence-electron chi connectivity index (χ2n) is 19.5. The average molecular weight is 1000 g/mol. The molecule has 0 aliphatic rings. The van der Waals surface area contributed by atoms with E-state index in [1.165, 1.54) is 83.5 Å². The number of esters is 3. The van der Waals surface area contributed by atoms with Crippen molar-refractivity contribution < 1.29 is 28.6 Å². The molecule has 0 aliphatic carbocycles. The summed E-state index contributed by atoms with van der Waals surface area (Å²) in [5.41, 5.74) is 0.